The summed E-state index contributed by atoms with van der Waals surface area (Å²) >= 11 is 0. The minimum absolute atomic E-state index is 0.0791. The molecule has 0 aromatic rings. The third-order valence-electron chi connectivity index (χ3n) is 2.22. The summed E-state index contributed by atoms with van der Waals surface area (Å²) in [7, 11) is 0. The topological polar surface area (TPSA) is 12.0 Å². The molecule has 0 rings (SSSR count). The molecule has 0 amide bonds. The molecule has 0 aliphatic rings. The van der Waals surface area contributed by atoms with E-state index in [9.17, 15) is 17.6 Å². The normalized spacial score (nSPS) is 12.8. The van der Waals surface area contributed by atoms with Crippen LogP contribution in [0.15, 0.2) is 0 Å². The van der Waals surface area contributed by atoms with Gasteiger partial charge in [-0.2, -0.15) is 8.78 Å². The third-order valence-corrected chi connectivity index (χ3v) is 2.22. The summed E-state index contributed by atoms with van der Waals surface area (Å²) in [6.45, 7) is 2.94. The molecule has 1 N–H and O–H groups in total. The van der Waals surface area contributed by atoms with Crippen LogP contribution in [-0.4, -0.2) is 24.9 Å². The highest BCUT2D eigenvalue weighted by atomic mass is 19.3. The van der Waals surface area contributed by atoms with E-state index < -0.39 is 18.9 Å². The molecule has 0 bridgehead atoms. The fraction of sp³-hybridized carbons (Fsp3) is 1.00. The number of rotatable bonds is 8. The summed E-state index contributed by atoms with van der Waals surface area (Å²) < 4.78 is 48.8. The molecule has 1 nitrogen and oxygen atoms in total. The predicted molar refractivity (Wildman–Crippen MR) is 52.6 cm³/mol. The lowest BCUT2D eigenvalue weighted by Crippen LogP contribution is -2.43. The average Bonchev–Trinajstić information content (AvgIpc) is 2.15. The number of nitrogens with one attached hydrogen (secondary N) is 1. The minimum atomic E-state index is -3.92. The van der Waals surface area contributed by atoms with Crippen LogP contribution in [0.5, 0.6) is 0 Å². The van der Waals surface area contributed by atoms with Crippen molar-refractivity contribution in [3.05, 3.63) is 0 Å². The Balaban J connectivity index is 3.97. The summed E-state index contributed by atoms with van der Waals surface area (Å²) in [5.74, 6) is -3.92. The molecule has 0 saturated heterocycles. The molecule has 0 fully saturated rings. The zero-order valence-corrected chi connectivity index (χ0v) is 9.20. The molecule has 5 heteroatoms. The first kappa shape index (κ1) is 14.7. The molecule has 0 aromatic heterocycles. The Kier molecular flexibility index (Phi) is 6.89. The van der Waals surface area contributed by atoms with E-state index in [1.165, 1.54) is 0 Å². The molecule has 0 aliphatic heterocycles. The van der Waals surface area contributed by atoms with Crippen molar-refractivity contribution in [2.75, 3.05) is 6.54 Å². The van der Waals surface area contributed by atoms with Gasteiger partial charge in [0.1, 0.15) is 0 Å². The summed E-state index contributed by atoms with van der Waals surface area (Å²) in [6.07, 6.45) is -0.384. The van der Waals surface area contributed by atoms with Crippen molar-refractivity contribution < 1.29 is 17.6 Å². The van der Waals surface area contributed by atoms with Gasteiger partial charge < -0.3 is 5.32 Å². The van der Waals surface area contributed by atoms with Crippen molar-refractivity contribution >= 4 is 0 Å². The standard InChI is InChI=1S/C10H19F4N/c1-3-5-8(6-4-2)15-7-10(13,14)9(11)12/h8-9,15H,3-7H2,1-2H3. The molecule has 0 unspecified atom stereocenters. The lowest BCUT2D eigenvalue weighted by atomic mass is 10.1. The van der Waals surface area contributed by atoms with Crippen LogP contribution < -0.4 is 5.32 Å². The second-order valence-electron chi connectivity index (χ2n) is 3.72. The predicted octanol–water partition coefficient (Wildman–Crippen LogP) is 3.45. The maximum Gasteiger partial charge on any atom is 0.319 e. The fourth-order valence-corrected chi connectivity index (χ4v) is 1.40. The first-order valence-corrected chi connectivity index (χ1v) is 5.33. The van der Waals surface area contributed by atoms with Gasteiger partial charge in [-0.1, -0.05) is 26.7 Å². The number of halogens is 4. The van der Waals surface area contributed by atoms with E-state index in [0.29, 0.717) is 0 Å². The first-order valence-electron chi connectivity index (χ1n) is 5.33. The highest BCUT2D eigenvalue weighted by Gasteiger charge is 2.40. The fourth-order valence-electron chi connectivity index (χ4n) is 1.40. The minimum Gasteiger partial charge on any atom is -0.308 e. The monoisotopic (exact) mass is 229 g/mol. The molecule has 0 spiro atoms. The van der Waals surface area contributed by atoms with Crippen molar-refractivity contribution in [1.82, 2.24) is 5.32 Å². The Bertz CT molecular complexity index is 156. The zero-order valence-electron chi connectivity index (χ0n) is 9.20. The SMILES string of the molecule is CCCC(CCC)NCC(F)(F)C(F)F. The Morgan fingerprint density at radius 2 is 1.53 bits per heavy atom. The van der Waals surface area contributed by atoms with Crippen molar-refractivity contribution in [3.8, 4) is 0 Å². The molecule has 92 valence electrons. The van der Waals surface area contributed by atoms with Crippen LogP contribution in [0.4, 0.5) is 17.6 Å². The molecule has 0 aromatic carbocycles. The zero-order chi connectivity index (χ0) is 11.9. The van der Waals surface area contributed by atoms with E-state index in [0.717, 1.165) is 25.7 Å². The van der Waals surface area contributed by atoms with Gasteiger partial charge in [-0.25, -0.2) is 8.78 Å². The van der Waals surface area contributed by atoms with Gasteiger partial charge in [0.15, 0.2) is 0 Å². The van der Waals surface area contributed by atoms with Gasteiger partial charge in [-0.3, -0.25) is 0 Å². The van der Waals surface area contributed by atoms with Gasteiger partial charge in [-0.15, -0.1) is 0 Å². The van der Waals surface area contributed by atoms with E-state index in [2.05, 4.69) is 5.32 Å². The molecule has 0 heterocycles. The Hall–Kier alpha value is -0.320. The van der Waals surface area contributed by atoms with E-state index >= 15 is 0 Å². The lowest BCUT2D eigenvalue weighted by molar-refractivity contribution is -0.126. The highest BCUT2D eigenvalue weighted by molar-refractivity contribution is 4.76. The molecule has 0 radical (unpaired) electrons. The molecule has 0 atom stereocenters. The maximum atomic E-state index is 12.6. The summed E-state index contributed by atoms with van der Waals surface area (Å²) in [5.41, 5.74) is 0. The summed E-state index contributed by atoms with van der Waals surface area (Å²) in [4.78, 5) is 0. The Morgan fingerprint density at radius 1 is 1.07 bits per heavy atom. The van der Waals surface area contributed by atoms with Gasteiger partial charge in [0.2, 0.25) is 0 Å². The second kappa shape index (κ2) is 7.04. The van der Waals surface area contributed by atoms with Crippen molar-refractivity contribution in [2.45, 2.75) is 57.9 Å². The Morgan fingerprint density at radius 3 is 1.87 bits per heavy atom. The largest absolute Gasteiger partial charge is 0.319 e. The van der Waals surface area contributed by atoms with Crippen LogP contribution in [0, 0.1) is 0 Å². The quantitative estimate of drug-likeness (QED) is 0.629. The number of hydrogen-bond acceptors (Lipinski definition) is 1. The number of alkyl halides is 4. The van der Waals surface area contributed by atoms with Gasteiger partial charge >= 0.3 is 12.3 Å². The summed E-state index contributed by atoms with van der Waals surface area (Å²) in [6, 6.07) is -0.0791. The van der Waals surface area contributed by atoms with Crippen LogP contribution in [0.3, 0.4) is 0 Å². The van der Waals surface area contributed by atoms with Crippen LogP contribution in [0.1, 0.15) is 39.5 Å². The maximum absolute atomic E-state index is 12.6. The molecule has 0 aliphatic carbocycles. The lowest BCUT2D eigenvalue weighted by Gasteiger charge is -2.21. The van der Waals surface area contributed by atoms with E-state index in [1.54, 1.807) is 0 Å². The van der Waals surface area contributed by atoms with Crippen LogP contribution in [0.25, 0.3) is 0 Å². The third kappa shape index (κ3) is 5.97. The van der Waals surface area contributed by atoms with Crippen LogP contribution >= 0.6 is 0 Å². The Labute approximate surface area is 88.2 Å². The van der Waals surface area contributed by atoms with Crippen LogP contribution in [0.2, 0.25) is 0 Å². The van der Waals surface area contributed by atoms with Crippen molar-refractivity contribution in [3.63, 3.8) is 0 Å². The second-order valence-corrected chi connectivity index (χ2v) is 3.72. The van der Waals surface area contributed by atoms with Crippen molar-refractivity contribution in [2.24, 2.45) is 0 Å². The van der Waals surface area contributed by atoms with Crippen molar-refractivity contribution in [1.29, 1.82) is 0 Å². The average molecular weight is 229 g/mol. The molecule has 0 saturated carbocycles. The van der Waals surface area contributed by atoms with Crippen LogP contribution in [-0.2, 0) is 0 Å². The molecular formula is C10H19F4N. The summed E-state index contributed by atoms with van der Waals surface area (Å²) in [5, 5.41) is 2.51. The molecular weight excluding hydrogens is 210 g/mol. The van der Waals surface area contributed by atoms with E-state index in [4.69, 9.17) is 0 Å². The van der Waals surface area contributed by atoms with Gasteiger partial charge in [-0.05, 0) is 12.8 Å². The van der Waals surface area contributed by atoms with E-state index in [1.807, 2.05) is 13.8 Å². The van der Waals surface area contributed by atoms with Gasteiger partial charge in [0.05, 0.1) is 6.54 Å². The first-order chi connectivity index (χ1) is 6.94. The number of hydrogen-bond donors (Lipinski definition) is 1. The van der Waals surface area contributed by atoms with Gasteiger partial charge in [0.25, 0.3) is 0 Å². The highest BCUT2D eigenvalue weighted by Crippen LogP contribution is 2.22. The molecule has 15 heavy (non-hydrogen) atoms. The van der Waals surface area contributed by atoms with Gasteiger partial charge in [0, 0.05) is 6.04 Å². The smallest absolute Gasteiger partial charge is 0.308 e. The van der Waals surface area contributed by atoms with E-state index in [-0.39, 0.29) is 6.04 Å².